The summed E-state index contributed by atoms with van der Waals surface area (Å²) in [4.78, 5) is 38.7. The first-order valence-electron chi connectivity index (χ1n) is 41.5. The van der Waals surface area contributed by atoms with Crippen LogP contribution in [0.2, 0.25) is 0 Å². The molecular formula is C78H143N3O28. The topological polar surface area (TPSA) is 483 Å². The van der Waals surface area contributed by atoms with Crippen LogP contribution in [0.4, 0.5) is 0 Å². The van der Waals surface area contributed by atoms with E-state index in [9.17, 15) is 91.0 Å². The monoisotopic (exact) mass is 1570 g/mol. The van der Waals surface area contributed by atoms with Gasteiger partial charge in [-0.3, -0.25) is 14.4 Å². The van der Waals surface area contributed by atoms with Crippen LogP contribution in [0.25, 0.3) is 0 Å². The van der Waals surface area contributed by atoms with Crippen molar-refractivity contribution in [3.8, 4) is 0 Å². The molecule has 638 valence electrons. The molecule has 18 N–H and O–H groups in total. The summed E-state index contributed by atoms with van der Waals surface area (Å²) in [6.07, 6.45) is 1.96. The predicted molar refractivity (Wildman–Crippen MR) is 398 cm³/mol. The Morgan fingerprint density at radius 2 is 0.688 bits per heavy atom. The third kappa shape index (κ3) is 33.0. The van der Waals surface area contributed by atoms with Crippen molar-refractivity contribution in [2.75, 3.05) is 39.6 Å². The Labute approximate surface area is 645 Å². The number of nitrogens with one attached hydrogen (secondary N) is 3. The Kier molecular flexibility index (Phi) is 48.7. The van der Waals surface area contributed by atoms with Crippen molar-refractivity contribution < 1.29 is 138 Å². The highest BCUT2D eigenvalue weighted by Crippen LogP contribution is 2.37. The van der Waals surface area contributed by atoms with Gasteiger partial charge in [-0.15, -0.1) is 0 Å². The van der Waals surface area contributed by atoms with Crippen molar-refractivity contribution in [3.05, 3.63) is 12.2 Å². The molecule has 5 saturated heterocycles. The zero-order valence-electron chi connectivity index (χ0n) is 65.5. The summed E-state index contributed by atoms with van der Waals surface area (Å²) < 4.78 is 59.2. The Morgan fingerprint density at radius 3 is 1.13 bits per heavy atom. The lowest BCUT2D eigenvalue weighted by atomic mass is 9.94. The molecule has 5 aliphatic heterocycles. The molecule has 0 saturated carbocycles. The molecule has 0 aliphatic carbocycles. The van der Waals surface area contributed by atoms with E-state index in [-0.39, 0.29) is 12.3 Å². The molecule has 0 spiro atoms. The van der Waals surface area contributed by atoms with Crippen LogP contribution in [0.3, 0.4) is 0 Å². The van der Waals surface area contributed by atoms with Gasteiger partial charge < -0.3 is 140 Å². The van der Waals surface area contributed by atoms with E-state index < -0.39 is 217 Å². The van der Waals surface area contributed by atoms with Gasteiger partial charge in [0.05, 0.1) is 51.8 Å². The fourth-order valence-corrected chi connectivity index (χ4v) is 15.0. The Bertz CT molecular complexity index is 2410. The molecule has 0 bridgehead atoms. The highest BCUT2D eigenvalue weighted by atomic mass is 16.8. The van der Waals surface area contributed by atoms with Gasteiger partial charge in [0.2, 0.25) is 17.7 Å². The summed E-state index contributed by atoms with van der Waals surface area (Å²) in [6.45, 7) is 1.42. The van der Waals surface area contributed by atoms with E-state index >= 15 is 0 Å². The van der Waals surface area contributed by atoms with Gasteiger partial charge in [-0.2, -0.15) is 0 Å². The highest BCUT2D eigenvalue weighted by molar-refractivity contribution is 5.76. The molecular weight excluding hydrogens is 1430 g/mol. The Morgan fingerprint density at radius 1 is 0.358 bits per heavy atom. The number of carbonyl (C=O) groups is 3. The van der Waals surface area contributed by atoms with Crippen LogP contribution in [0.15, 0.2) is 12.2 Å². The second-order valence-corrected chi connectivity index (χ2v) is 30.7. The van der Waals surface area contributed by atoms with Gasteiger partial charge in [0, 0.05) is 20.3 Å². The maximum Gasteiger partial charge on any atom is 0.220 e. The average Bonchev–Trinajstić information content (AvgIpc) is 0.773. The number of aliphatic hydroxyl groups is 15. The smallest absolute Gasteiger partial charge is 0.220 e. The first kappa shape index (κ1) is 96.7. The summed E-state index contributed by atoms with van der Waals surface area (Å²) in [7, 11) is 0. The third-order valence-corrected chi connectivity index (χ3v) is 21.6. The molecule has 10 unspecified atom stereocenters. The lowest BCUT2D eigenvalue weighted by Crippen LogP contribution is -2.70. The van der Waals surface area contributed by atoms with Crippen molar-refractivity contribution in [1.82, 2.24) is 16.0 Å². The molecule has 109 heavy (non-hydrogen) atoms. The number of unbranched alkanes of at least 4 members (excludes halogenated alkanes) is 33. The van der Waals surface area contributed by atoms with Crippen LogP contribution in [0.1, 0.15) is 259 Å². The van der Waals surface area contributed by atoms with Crippen LogP contribution < -0.4 is 16.0 Å². The molecule has 0 aromatic rings. The number of rotatable bonds is 57. The molecule has 0 aromatic heterocycles. The van der Waals surface area contributed by atoms with Crippen LogP contribution >= 0.6 is 0 Å². The van der Waals surface area contributed by atoms with Crippen molar-refractivity contribution in [2.24, 2.45) is 0 Å². The van der Waals surface area contributed by atoms with Crippen molar-refractivity contribution in [1.29, 1.82) is 0 Å². The minimum absolute atomic E-state index is 0.195. The van der Waals surface area contributed by atoms with Gasteiger partial charge in [0.1, 0.15) is 122 Å². The SMILES string of the molecule is CCCCCCCCCCCCC/C=C/[C@@H](O)[C@H](CO[C@@H]1OC(CO)[C@@H](O[C@@H]2OC(CO)[C@H](O[C@@H]3OC(CO)[C@H](O)[C@H](O[C@@H]4OC(CO)[C@H](O)[C@H](O[C@@H]5OC(CO)[C@@H](O)[C@H](O)C5NC(C)=O)C4O)C3NC(C)=O)[C@H](O)C2O)[C@H](O)C1O)NC(=O)CCCCCCCCCCCCCCCCCCCCCCCCC. The van der Waals surface area contributed by atoms with Gasteiger partial charge in [-0.05, 0) is 19.3 Å². The molecule has 3 amide bonds. The summed E-state index contributed by atoms with van der Waals surface area (Å²) in [5, 5.41) is 174. The maximum atomic E-state index is 13.5. The Balaban J connectivity index is 1.16. The quantitative estimate of drug-likeness (QED) is 0.0307. The van der Waals surface area contributed by atoms with Crippen molar-refractivity contribution in [2.45, 2.75) is 424 Å². The number of ether oxygens (including phenoxy) is 10. The number of allylic oxidation sites excluding steroid dienone is 1. The maximum absolute atomic E-state index is 13.5. The van der Waals surface area contributed by atoms with E-state index in [0.29, 0.717) is 12.8 Å². The van der Waals surface area contributed by atoms with Gasteiger partial charge >= 0.3 is 0 Å². The van der Waals surface area contributed by atoms with Crippen molar-refractivity contribution >= 4 is 17.7 Å². The van der Waals surface area contributed by atoms with Gasteiger partial charge in [-0.25, -0.2) is 0 Å². The zero-order chi connectivity index (χ0) is 79.6. The average molecular weight is 1570 g/mol. The van der Waals surface area contributed by atoms with E-state index in [1.54, 1.807) is 6.08 Å². The van der Waals surface area contributed by atoms with Crippen LogP contribution in [-0.4, -0.2) is 300 Å². The fraction of sp³-hybridized carbons (Fsp3) is 0.936. The van der Waals surface area contributed by atoms with Crippen LogP contribution in [0, 0.1) is 0 Å². The van der Waals surface area contributed by atoms with Gasteiger partial charge in [-0.1, -0.05) is 231 Å². The fourth-order valence-electron chi connectivity index (χ4n) is 15.0. The number of hydrogen-bond acceptors (Lipinski definition) is 28. The largest absolute Gasteiger partial charge is 0.394 e. The molecule has 0 radical (unpaired) electrons. The summed E-state index contributed by atoms with van der Waals surface area (Å²) in [6, 6.07) is -4.37. The number of amides is 3. The minimum Gasteiger partial charge on any atom is -0.394 e. The second-order valence-electron chi connectivity index (χ2n) is 30.7. The molecule has 5 heterocycles. The highest BCUT2D eigenvalue weighted by Gasteiger charge is 2.57. The lowest BCUT2D eigenvalue weighted by molar-refractivity contribution is -0.383. The van der Waals surface area contributed by atoms with E-state index in [2.05, 4.69) is 29.8 Å². The Hall–Kier alpha value is -2.85. The zero-order valence-corrected chi connectivity index (χ0v) is 65.5. The van der Waals surface area contributed by atoms with E-state index in [1.165, 1.54) is 167 Å². The lowest BCUT2D eigenvalue weighted by Gasteiger charge is -2.50. The van der Waals surface area contributed by atoms with Crippen LogP contribution in [0.5, 0.6) is 0 Å². The summed E-state index contributed by atoms with van der Waals surface area (Å²) in [5.74, 6) is -1.89. The van der Waals surface area contributed by atoms with Gasteiger partial charge in [0.15, 0.2) is 31.5 Å². The second kappa shape index (κ2) is 54.9. The summed E-state index contributed by atoms with van der Waals surface area (Å²) >= 11 is 0. The van der Waals surface area contributed by atoms with E-state index in [0.717, 1.165) is 58.8 Å². The van der Waals surface area contributed by atoms with E-state index in [1.807, 2.05) is 6.08 Å². The van der Waals surface area contributed by atoms with E-state index in [4.69, 9.17) is 47.4 Å². The predicted octanol–water partition coefficient (Wildman–Crippen LogP) is 2.87. The van der Waals surface area contributed by atoms with Crippen LogP contribution in [-0.2, 0) is 61.8 Å². The molecule has 5 aliphatic rings. The third-order valence-electron chi connectivity index (χ3n) is 21.6. The molecule has 5 fully saturated rings. The molecule has 27 atom stereocenters. The summed E-state index contributed by atoms with van der Waals surface area (Å²) in [5.41, 5.74) is 0. The minimum atomic E-state index is -2.17. The molecule has 0 aromatic carbocycles. The molecule has 31 heteroatoms. The number of carbonyl (C=O) groups excluding carboxylic acids is 3. The standard InChI is InChI=1S/C78H143N3O28/c1-5-7-9-11-13-15-17-19-20-21-22-23-24-25-26-27-28-30-32-34-36-38-40-42-58(90)81-51(52(89)41-39-37-35-33-31-29-18-16-14-12-10-8-6-2)48-100-76-67(97)65(95)71(56(46-85)104-76)107-77-68(98)66(96)70(57(47-86)105-77)106-75-60(80-50(4)88)72(62(92)54(44-83)102-75)108-78-69(99)73(63(93)55(45-84)103-78)109-74-59(79-49(3)87)64(94)61(91)53(43-82)101-74/h39,41,51-57,59-78,82-86,89,91-99H,5-38,40,42-48H2,1-4H3,(H,79,87)(H,80,88)(H,81,90)/b41-39+/t51-,52+,53?,54?,55?,56?,57?,59?,60?,61+,62-,63-,64+,65+,66+,67?,68?,69?,70-,71+,72+,73-,74-,75-,76+,77-,78-/m0/s1. The number of aliphatic hydroxyl groups excluding tert-OH is 15. The van der Waals surface area contributed by atoms with Gasteiger partial charge in [0.25, 0.3) is 0 Å². The first-order chi connectivity index (χ1) is 52.6. The van der Waals surface area contributed by atoms with Crippen molar-refractivity contribution in [3.63, 3.8) is 0 Å². The molecule has 31 nitrogen and oxygen atoms in total. The first-order valence-corrected chi connectivity index (χ1v) is 41.5. The normalized spacial score (nSPS) is 33.6. The number of hydrogen-bond donors (Lipinski definition) is 18. The molecule has 5 rings (SSSR count).